The maximum absolute atomic E-state index is 12.7. The summed E-state index contributed by atoms with van der Waals surface area (Å²) in [7, 11) is 0. The molecule has 0 aromatic heterocycles. The Bertz CT molecular complexity index is 1010. The summed E-state index contributed by atoms with van der Waals surface area (Å²) >= 11 is 0. The first-order valence-electron chi connectivity index (χ1n) is 11.7. The fourth-order valence-electron chi connectivity index (χ4n) is 3.49. The molecular weight excluding hydrogens is 428 g/mol. The molecule has 3 aromatic carbocycles. The van der Waals surface area contributed by atoms with Crippen molar-refractivity contribution in [1.82, 2.24) is 10.4 Å². The number of benzene rings is 3. The van der Waals surface area contributed by atoms with Crippen LogP contribution in [0.5, 0.6) is 0 Å². The van der Waals surface area contributed by atoms with Gasteiger partial charge in [0.1, 0.15) is 6.61 Å². The molecule has 0 saturated heterocycles. The average molecular weight is 461 g/mol. The standard InChI is InChI=1S/C28H32N2O4/c1-2-10-23-16-18-24(19-17-23)15-9-20-30(28(32)33-21-25-11-5-3-6-12-25)27(31)29-34-22-26-13-7-4-8-14-26/h3-8,11-14,16-19H,2,9-10,15,20-22H2,1H3,(H,29,31). The Morgan fingerprint density at radius 3 is 1.88 bits per heavy atom. The van der Waals surface area contributed by atoms with E-state index in [-0.39, 0.29) is 19.8 Å². The van der Waals surface area contributed by atoms with Crippen LogP contribution in [0.25, 0.3) is 0 Å². The zero-order valence-electron chi connectivity index (χ0n) is 19.6. The van der Waals surface area contributed by atoms with Gasteiger partial charge in [0, 0.05) is 6.54 Å². The van der Waals surface area contributed by atoms with E-state index in [9.17, 15) is 9.59 Å². The third-order valence-electron chi connectivity index (χ3n) is 5.32. The van der Waals surface area contributed by atoms with E-state index in [0.29, 0.717) is 6.42 Å². The zero-order chi connectivity index (χ0) is 24.0. The predicted molar refractivity (Wildman–Crippen MR) is 132 cm³/mol. The van der Waals surface area contributed by atoms with E-state index in [1.807, 2.05) is 60.7 Å². The number of hydrogen-bond acceptors (Lipinski definition) is 4. The third kappa shape index (κ3) is 8.37. The van der Waals surface area contributed by atoms with Gasteiger partial charge in [0.2, 0.25) is 0 Å². The van der Waals surface area contributed by atoms with Gasteiger partial charge in [0.05, 0.1) is 6.61 Å². The van der Waals surface area contributed by atoms with Gasteiger partial charge in [0.15, 0.2) is 0 Å². The largest absolute Gasteiger partial charge is 0.444 e. The predicted octanol–water partition coefficient (Wildman–Crippen LogP) is 6.05. The molecule has 3 aromatic rings. The summed E-state index contributed by atoms with van der Waals surface area (Å²) in [6.07, 6.45) is 2.82. The smallest absolute Gasteiger partial charge is 0.418 e. The third-order valence-corrected chi connectivity index (χ3v) is 5.32. The molecule has 0 fully saturated rings. The zero-order valence-corrected chi connectivity index (χ0v) is 19.6. The fraction of sp³-hybridized carbons (Fsp3) is 0.286. The number of aryl methyl sites for hydroxylation is 2. The van der Waals surface area contributed by atoms with Crippen molar-refractivity contribution in [2.75, 3.05) is 6.54 Å². The first-order chi connectivity index (χ1) is 16.7. The molecule has 3 amide bonds. The van der Waals surface area contributed by atoms with Crippen LogP contribution in [0.2, 0.25) is 0 Å². The minimum absolute atomic E-state index is 0.0905. The highest BCUT2D eigenvalue weighted by Gasteiger charge is 2.23. The lowest BCUT2D eigenvalue weighted by molar-refractivity contribution is 0.0329. The Morgan fingerprint density at radius 2 is 1.29 bits per heavy atom. The second-order valence-corrected chi connectivity index (χ2v) is 8.04. The molecule has 34 heavy (non-hydrogen) atoms. The van der Waals surface area contributed by atoms with Crippen LogP contribution in [-0.2, 0) is 35.6 Å². The van der Waals surface area contributed by atoms with Crippen LogP contribution in [0.15, 0.2) is 84.9 Å². The van der Waals surface area contributed by atoms with Crippen molar-refractivity contribution in [3.8, 4) is 0 Å². The highest BCUT2D eigenvalue weighted by atomic mass is 16.7. The number of carbonyl (C=O) groups excluding carboxylic acids is 2. The molecule has 0 bridgehead atoms. The van der Waals surface area contributed by atoms with E-state index in [2.05, 4.69) is 36.7 Å². The molecule has 0 spiro atoms. The number of nitrogens with zero attached hydrogens (tertiary/aromatic N) is 1. The number of rotatable bonds is 11. The van der Waals surface area contributed by atoms with Crippen molar-refractivity contribution in [3.05, 3.63) is 107 Å². The van der Waals surface area contributed by atoms with Gasteiger partial charge in [-0.2, -0.15) is 0 Å². The van der Waals surface area contributed by atoms with Crippen LogP contribution in [0.1, 0.15) is 42.0 Å². The number of nitrogens with one attached hydrogen (secondary N) is 1. The molecule has 0 aliphatic carbocycles. The van der Waals surface area contributed by atoms with Crippen LogP contribution in [0.4, 0.5) is 9.59 Å². The molecule has 0 aliphatic rings. The summed E-state index contributed by atoms with van der Waals surface area (Å²) in [5.41, 5.74) is 6.60. The lowest BCUT2D eigenvalue weighted by Crippen LogP contribution is -2.44. The highest BCUT2D eigenvalue weighted by molar-refractivity contribution is 5.90. The Hall–Kier alpha value is -3.64. The number of imide groups is 1. The summed E-state index contributed by atoms with van der Waals surface area (Å²) in [6, 6.07) is 26.7. The van der Waals surface area contributed by atoms with Crippen molar-refractivity contribution in [1.29, 1.82) is 0 Å². The van der Waals surface area contributed by atoms with Crippen molar-refractivity contribution in [2.45, 2.75) is 45.8 Å². The highest BCUT2D eigenvalue weighted by Crippen LogP contribution is 2.11. The average Bonchev–Trinajstić information content (AvgIpc) is 2.87. The molecule has 3 rings (SSSR count). The van der Waals surface area contributed by atoms with E-state index < -0.39 is 12.1 Å². The molecule has 0 unspecified atom stereocenters. The quantitative estimate of drug-likeness (QED) is 0.354. The Labute approximate surface area is 201 Å². The van der Waals surface area contributed by atoms with Gasteiger partial charge in [-0.05, 0) is 41.5 Å². The molecule has 0 saturated carbocycles. The normalized spacial score (nSPS) is 10.5. The van der Waals surface area contributed by atoms with Crippen LogP contribution < -0.4 is 5.48 Å². The topological polar surface area (TPSA) is 67.9 Å². The van der Waals surface area contributed by atoms with Crippen LogP contribution in [0.3, 0.4) is 0 Å². The number of amides is 3. The van der Waals surface area contributed by atoms with E-state index in [1.165, 1.54) is 5.56 Å². The maximum atomic E-state index is 12.7. The SMILES string of the molecule is CCCc1ccc(CCCN(C(=O)NOCc2ccccc2)C(=O)OCc2ccccc2)cc1. The number of hydroxylamine groups is 1. The van der Waals surface area contributed by atoms with Gasteiger partial charge in [-0.15, -0.1) is 0 Å². The molecular formula is C28H32N2O4. The first kappa shape index (κ1) is 25.0. The van der Waals surface area contributed by atoms with Crippen LogP contribution in [0, 0.1) is 0 Å². The summed E-state index contributed by atoms with van der Waals surface area (Å²) in [4.78, 5) is 31.9. The first-order valence-corrected chi connectivity index (χ1v) is 11.7. The van der Waals surface area contributed by atoms with Crippen LogP contribution >= 0.6 is 0 Å². The summed E-state index contributed by atoms with van der Waals surface area (Å²) in [5.74, 6) is 0. The molecule has 6 nitrogen and oxygen atoms in total. The molecule has 0 atom stereocenters. The summed E-state index contributed by atoms with van der Waals surface area (Å²) < 4.78 is 5.39. The van der Waals surface area contributed by atoms with E-state index >= 15 is 0 Å². The lowest BCUT2D eigenvalue weighted by atomic mass is 10.0. The number of hydrogen-bond donors (Lipinski definition) is 1. The Morgan fingerprint density at radius 1 is 0.735 bits per heavy atom. The van der Waals surface area contributed by atoms with Gasteiger partial charge in [-0.3, -0.25) is 4.84 Å². The Balaban J connectivity index is 1.55. The van der Waals surface area contributed by atoms with Crippen molar-refractivity contribution >= 4 is 12.1 Å². The number of urea groups is 1. The number of ether oxygens (including phenoxy) is 1. The second-order valence-electron chi connectivity index (χ2n) is 8.04. The maximum Gasteiger partial charge on any atom is 0.418 e. The van der Waals surface area contributed by atoms with Crippen molar-refractivity contribution in [2.24, 2.45) is 0 Å². The van der Waals surface area contributed by atoms with Gasteiger partial charge in [0.25, 0.3) is 0 Å². The Kier molecular flexibility index (Phi) is 10.1. The van der Waals surface area contributed by atoms with E-state index in [1.54, 1.807) is 0 Å². The molecule has 0 heterocycles. The summed E-state index contributed by atoms with van der Waals surface area (Å²) in [5, 5.41) is 0. The monoisotopic (exact) mass is 460 g/mol. The molecule has 1 N–H and O–H groups in total. The summed E-state index contributed by atoms with van der Waals surface area (Å²) in [6.45, 7) is 2.66. The van der Waals surface area contributed by atoms with Crippen molar-refractivity contribution < 1.29 is 19.2 Å². The second kappa shape index (κ2) is 13.8. The van der Waals surface area contributed by atoms with Gasteiger partial charge in [-0.1, -0.05) is 98.3 Å². The fourth-order valence-corrected chi connectivity index (χ4v) is 3.49. The minimum atomic E-state index is -0.706. The molecule has 0 aliphatic heterocycles. The van der Waals surface area contributed by atoms with E-state index in [0.717, 1.165) is 40.9 Å². The van der Waals surface area contributed by atoms with Gasteiger partial charge < -0.3 is 4.74 Å². The van der Waals surface area contributed by atoms with Crippen LogP contribution in [-0.4, -0.2) is 23.6 Å². The lowest BCUT2D eigenvalue weighted by Gasteiger charge is -2.21. The van der Waals surface area contributed by atoms with E-state index in [4.69, 9.17) is 9.57 Å². The molecule has 6 heteroatoms. The molecule has 0 radical (unpaired) electrons. The molecule has 178 valence electrons. The van der Waals surface area contributed by atoms with Gasteiger partial charge >= 0.3 is 12.1 Å². The van der Waals surface area contributed by atoms with Crippen molar-refractivity contribution in [3.63, 3.8) is 0 Å². The van der Waals surface area contributed by atoms with Gasteiger partial charge in [-0.25, -0.2) is 20.0 Å². The number of carbonyl (C=O) groups is 2. The minimum Gasteiger partial charge on any atom is -0.444 e.